The molecule has 0 aromatic carbocycles. The lowest BCUT2D eigenvalue weighted by Gasteiger charge is -2.47. The zero-order valence-electron chi connectivity index (χ0n) is 15.2. The van der Waals surface area contributed by atoms with E-state index in [0.717, 1.165) is 22.2 Å². The summed E-state index contributed by atoms with van der Waals surface area (Å²) in [7, 11) is -1.74. The molecule has 1 fully saturated rings. The van der Waals surface area contributed by atoms with Gasteiger partial charge in [0, 0.05) is 48.4 Å². The molecule has 0 amide bonds. The molecule has 1 aliphatic rings. The Balaban J connectivity index is 1.53. The Morgan fingerprint density at radius 3 is 2.86 bits per heavy atom. The summed E-state index contributed by atoms with van der Waals surface area (Å²) in [5.41, 5.74) is 1.81. The smallest absolute Gasteiger partial charge is 0.346 e. The average molecular weight is 422 g/mol. The maximum atomic E-state index is 12.4. The number of halogens is 3. The largest absolute Gasteiger partial charge is 0.390 e. The van der Waals surface area contributed by atoms with Crippen molar-refractivity contribution in [2.75, 3.05) is 18.8 Å². The summed E-state index contributed by atoms with van der Waals surface area (Å²) in [5.74, 6) is -0.473. The molecule has 1 atom stereocenters. The maximum Gasteiger partial charge on any atom is 0.390 e. The van der Waals surface area contributed by atoms with E-state index in [4.69, 9.17) is 0 Å². The molecule has 0 saturated carbocycles. The lowest BCUT2D eigenvalue weighted by atomic mass is 9.89. The van der Waals surface area contributed by atoms with Crippen molar-refractivity contribution < 1.29 is 17.4 Å². The van der Waals surface area contributed by atoms with Crippen LogP contribution in [0, 0.1) is 11.3 Å². The van der Waals surface area contributed by atoms with Crippen molar-refractivity contribution in [3.05, 3.63) is 36.9 Å². The van der Waals surface area contributed by atoms with E-state index in [1.165, 1.54) is 4.31 Å². The fourth-order valence-electron chi connectivity index (χ4n) is 3.51. The molecular formula is C18H17F3N6OS. The van der Waals surface area contributed by atoms with Crippen LogP contribution >= 0.6 is 0 Å². The third-order valence-corrected chi connectivity index (χ3v) is 6.42. The van der Waals surface area contributed by atoms with E-state index in [-0.39, 0.29) is 19.5 Å². The van der Waals surface area contributed by atoms with Gasteiger partial charge in [0.15, 0.2) is 0 Å². The lowest BCUT2D eigenvalue weighted by molar-refractivity contribution is -0.130. The molecule has 1 N–H and O–H groups in total. The van der Waals surface area contributed by atoms with Crippen molar-refractivity contribution in [2.45, 2.75) is 24.6 Å². The van der Waals surface area contributed by atoms with Crippen molar-refractivity contribution >= 4 is 22.0 Å². The Hall–Kier alpha value is -2.71. The van der Waals surface area contributed by atoms with Crippen molar-refractivity contribution in [2.24, 2.45) is 0 Å². The van der Waals surface area contributed by atoms with Gasteiger partial charge in [-0.2, -0.15) is 23.5 Å². The number of nitrogens with zero attached hydrogens (tertiary/aromatic N) is 5. The predicted octanol–water partition coefficient (Wildman–Crippen LogP) is 2.97. The molecule has 0 spiro atoms. The minimum absolute atomic E-state index is 0.122. The number of H-pyrrole nitrogens is 1. The highest BCUT2D eigenvalue weighted by Crippen LogP contribution is 2.36. The number of rotatable bonds is 6. The third kappa shape index (κ3) is 3.77. The Bertz CT molecular complexity index is 1090. The second-order valence-corrected chi connectivity index (χ2v) is 8.59. The molecule has 4 heterocycles. The van der Waals surface area contributed by atoms with Gasteiger partial charge >= 0.3 is 6.18 Å². The first kappa shape index (κ1) is 19.6. The number of pyridine rings is 1. The highest BCUT2D eigenvalue weighted by Gasteiger charge is 2.48. The first-order valence-electron chi connectivity index (χ1n) is 8.86. The molecule has 3 aromatic heterocycles. The number of aromatic amines is 1. The van der Waals surface area contributed by atoms with Crippen molar-refractivity contribution in [1.29, 1.82) is 5.26 Å². The Labute approximate surface area is 166 Å². The van der Waals surface area contributed by atoms with Crippen LogP contribution in [0.25, 0.3) is 22.2 Å². The van der Waals surface area contributed by atoms with Crippen molar-refractivity contribution in [3.8, 4) is 17.2 Å². The maximum absolute atomic E-state index is 12.4. The third-order valence-electron chi connectivity index (χ3n) is 5.04. The summed E-state index contributed by atoms with van der Waals surface area (Å²) in [6, 6.07) is 5.90. The Morgan fingerprint density at radius 1 is 1.34 bits per heavy atom. The van der Waals surface area contributed by atoms with Gasteiger partial charge in [-0.05, 0) is 17.7 Å². The molecule has 152 valence electrons. The number of aromatic nitrogens is 4. The molecular weight excluding hydrogens is 405 g/mol. The second kappa shape index (κ2) is 7.27. The molecule has 4 rings (SSSR count). The predicted molar refractivity (Wildman–Crippen MR) is 101 cm³/mol. The van der Waals surface area contributed by atoms with Crippen molar-refractivity contribution in [1.82, 2.24) is 24.1 Å². The molecule has 11 heteroatoms. The Kier molecular flexibility index (Phi) is 4.92. The molecule has 1 unspecified atom stereocenters. The van der Waals surface area contributed by atoms with Gasteiger partial charge in [-0.15, -0.1) is 0 Å². The number of hydrogen-bond donors (Lipinski definition) is 1. The van der Waals surface area contributed by atoms with Gasteiger partial charge in [0.25, 0.3) is 0 Å². The van der Waals surface area contributed by atoms with E-state index in [1.807, 2.05) is 18.3 Å². The van der Waals surface area contributed by atoms with Gasteiger partial charge in [0.2, 0.25) is 0 Å². The number of nitrogens with one attached hydrogen (secondary N) is 1. The molecule has 1 saturated heterocycles. The quantitative estimate of drug-likeness (QED) is 0.661. The summed E-state index contributed by atoms with van der Waals surface area (Å²) in [6.45, 7) is 0.421. The van der Waals surface area contributed by atoms with E-state index < -0.39 is 34.9 Å². The highest BCUT2D eigenvalue weighted by molar-refractivity contribution is 7.82. The molecule has 0 aliphatic carbocycles. The number of hydrogen-bond acceptors (Lipinski definition) is 4. The standard InChI is InChI=1S/C18H17F3N6OS/c19-18(20,21)4-8-29(28)26-11-17(12-26,3-5-22)27-10-13(9-25-27)14-1-6-23-16-15(14)2-7-24-16/h1-2,6-7,9-10H,3-4,8,11-12H2,(H,23,24). The fraction of sp³-hybridized carbons (Fsp3) is 0.389. The topological polar surface area (TPSA) is 90.6 Å². The van der Waals surface area contributed by atoms with Crippen molar-refractivity contribution in [3.63, 3.8) is 0 Å². The monoisotopic (exact) mass is 422 g/mol. The first-order valence-corrected chi connectivity index (χ1v) is 10.1. The molecule has 29 heavy (non-hydrogen) atoms. The summed E-state index contributed by atoms with van der Waals surface area (Å²) in [5, 5.41) is 14.6. The molecule has 0 radical (unpaired) electrons. The molecule has 3 aromatic rings. The van der Waals surface area contributed by atoms with Crippen LogP contribution < -0.4 is 0 Å². The average Bonchev–Trinajstić information content (AvgIpc) is 3.31. The van der Waals surface area contributed by atoms with Crippen LogP contribution in [0.1, 0.15) is 12.8 Å². The van der Waals surface area contributed by atoms with Crippen LogP contribution in [-0.2, 0) is 16.5 Å². The molecule has 1 aliphatic heterocycles. The first-order chi connectivity index (χ1) is 13.8. The zero-order valence-corrected chi connectivity index (χ0v) is 16.0. The fourth-order valence-corrected chi connectivity index (χ4v) is 4.94. The number of fused-ring (bicyclic) bond motifs is 1. The summed E-state index contributed by atoms with van der Waals surface area (Å²) < 4.78 is 52.4. The normalized spacial score (nSPS) is 17.7. The van der Waals surface area contributed by atoms with Gasteiger partial charge in [0.1, 0.15) is 11.2 Å². The van der Waals surface area contributed by atoms with E-state index in [2.05, 4.69) is 21.1 Å². The van der Waals surface area contributed by atoms with E-state index >= 15 is 0 Å². The van der Waals surface area contributed by atoms with Crippen LogP contribution in [-0.4, -0.2) is 53.3 Å². The van der Waals surface area contributed by atoms with Crippen LogP contribution in [0.3, 0.4) is 0 Å². The number of nitriles is 1. The van der Waals surface area contributed by atoms with Gasteiger partial charge < -0.3 is 4.98 Å². The van der Waals surface area contributed by atoms with E-state index in [9.17, 15) is 22.6 Å². The zero-order chi connectivity index (χ0) is 20.6. The van der Waals surface area contributed by atoms with Crippen LogP contribution in [0.2, 0.25) is 0 Å². The summed E-state index contributed by atoms with van der Waals surface area (Å²) >= 11 is 0. The molecule has 7 nitrogen and oxygen atoms in total. The van der Waals surface area contributed by atoms with E-state index in [1.54, 1.807) is 23.3 Å². The van der Waals surface area contributed by atoms with Crippen LogP contribution in [0.15, 0.2) is 36.9 Å². The van der Waals surface area contributed by atoms with Gasteiger partial charge in [-0.1, -0.05) is 0 Å². The minimum Gasteiger partial charge on any atom is -0.346 e. The van der Waals surface area contributed by atoms with Crippen LogP contribution in [0.5, 0.6) is 0 Å². The van der Waals surface area contributed by atoms with Gasteiger partial charge in [-0.25, -0.2) is 13.5 Å². The highest BCUT2D eigenvalue weighted by atomic mass is 32.2. The summed E-state index contributed by atoms with van der Waals surface area (Å²) in [4.78, 5) is 7.31. The van der Waals surface area contributed by atoms with Gasteiger partial charge in [-0.3, -0.25) is 4.68 Å². The minimum atomic E-state index is -4.34. The number of alkyl halides is 3. The SMILES string of the molecule is N#CCC1(n2cc(-c3ccnc4[nH]ccc34)cn2)CN(S(=O)CCC(F)(F)F)C1. The van der Waals surface area contributed by atoms with Crippen LogP contribution in [0.4, 0.5) is 13.2 Å². The lowest BCUT2D eigenvalue weighted by Crippen LogP contribution is -2.63. The Morgan fingerprint density at radius 2 is 2.14 bits per heavy atom. The second-order valence-electron chi connectivity index (χ2n) is 7.02. The van der Waals surface area contributed by atoms with E-state index in [0.29, 0.717) is 0 Å². The van der Waals surface area contributed by atoms with Gasteiger partial charge in [0.05, 0.1) is 36.1 Å². The summed E-state index contributed by atoms with van der Waals surface area (Å²) in [6.07, 6.45) is 1.67. The molecule has 0 bridgehead atoms.